The number of aliphatic hydroxyl groups is 1. The SMILES string of the molecule is CC.CC.CC.Cc1ccc(N2CCCC(O)C2)cn1. The summed E-state index contributed by atoms with van der Waals surface area (Å²) < 4.78 is 0. The fourth-order valence-corrected chi connectivity index (χ4v) is 1.84. The molecule has 2 heterocycles. The Bertz CT molecular complexity index is 298. The van der Waals surface area contributed by atoms with Crippen LogP contribution in [0.3, 0.4) is 0 Å². The number of aryl methyl sites for hydroxylation is 1. The van der Waals surface area contributed by atoms with Gasteiger partial charge in [-0.2, -0.15) is 0 Å². The predicted octanol–water partition coefficient (Wildman–Crippen LogP) is 4.43. The van der Waals surface area contributed by atoms with Gasteiger partial charge in [0.15, 0.2) is 0 Å². The summed E-state index contributed by atoms with van der Waals surface area (Å²) in [6.45, 7) is 15.8. The molecule has 118 valence electrons. The van der Waals surface area contributed by atoms with Crippen molar-refractivity contribution >= 4 is 5.69 Å². The second-order valence-electron chi connectivity index (χ2n) is 3.90. The zero-order valence-electron chi connectivity index (χ0n) is 14.5. The van der Waals surface area contributed by atoms with Crippen molar-refractivity contribution in [2.75, 3.05) is 18.0 Å². The van der Waals surface area contributed by atoms with Crippen LogP contribution in [-0.2, 0) is 0 Å². The molecule has 2 rings (SSSR count). The summed E-state index contributed by atoms with van der Waals surface area (Å²) >= 11 is 0. The van der Waals surface area contributed by atoms with Crippen molar-refractivity contribution in [3.63, 3.8) is 0 Å². The smallest absolute Gasteiger partial charge is 0.0715 e. The lowest BCUT2D eigenvalue weighted by molar-refractivity contribution is 0.154. The van der Waals surface area contributed by atoms with Crippen molar-refractivity contribution in [1.82, 2.24) is 4.98 Å². The van der Waals surface area contributed by atoms with Crippen LogP contribution in [0.25, 0.3) is 0 Å². The monoisotopic (exact) mass is 282 g/mol. The molecule has 1 aromatic heterocycles. The first-order valence-corrected chi connectivity index (χ1v) is 8.11. The number of pyridine rings is 1. The van der Waals surface area contributed by atoms with Gasteiger partial charge in [-0.15, -0.1) is 0 Å². The molecule has 0 spiro atoms. The molecule has 0 aliphatic carbocycles. The molecule has 0 radical (unpaired) electrons. The van der Waals surface area contributed by atoms with Gasteiger partial charge in [-0.25, -0.2) is 0 Å². The maximum atomic E-state index is 9.53. The number of aliphatic hydroxyl groups excluding tert-OH is 1. The number of hydrogen-bond donors (Lipinski definition) is 1. The van der Waals surface area contributed by atoms with E-state index >= 15 is 0 Å². The van der Waals surface area contributed by atoms with E-state index < -0.39 is 0 Å². The normalized spacial score (nSPS) is 16.6. The quantitative estimate of drug-likeness (QED) is 0.828. The fourth-order valence-electron chi connectivity index (χ4n) is 1.84. The second kappa shape index (κ2) is 14.3. The summed E-state index contributed by atoms with van der Waals surface area (Å²) in [5.41, 5.74) is 2.15. The molecule has 0 bridgehead atoms. The van der Waals surface area contributed by atoms with Gasteiger partial charge < -0.3 is 10.0 Å². The lowest BCUT2D eigenvalue weighted by Crippen LogP contribution is -2.38. The number of anilines is 1. The maximum absolute atomic E-state index is 9.53. The Kier molecular flexibility index (Phi) is 15.2. The first kappa shape index (κ1) is 21.2. The van der Waals surface area contributed by atoms with E-state index in [1.54, 1.807) is 0 Å². The molecule has 0 aromatic carbocycles. The van der Waals surface area contributed by atoms with Gasteiger partial charge in [0, 0.05) is 18.8 Å². The molecular formula is C17H34N2O. The van der Waals surface area contributed by atoms with E-state index in [-0.39, 0.29) is 6.10 Å². The van der Waals surface area contributed by atoms with Crippen LogP contribution >= 0.6 is 0 Å². The molecule has 20 heavy (non-hydrogen) atoms. The van der Waals surface area contributed by atoms with E-state index in [0.29, 0.717) is 0 Å². The van der Waals surface area contributed by atoms with Crippen LogP contribution < -0.4 is 4.90 Å². The third kappa shape index (κ3) is 8.16. The van der Waals surface area contributed by atoms with Crippen LogP contribution in [0.1, 0.15) is 60.1 Å². The molecule has 0 amide bonds. The summed E-state index contributed by atoms with van der Waals surface area (Å²) in [6, 6.07) is 4.08. The highest BCUT2D eigenvalue weighted by Crippen LogP contribution is 2.18. The largest absolute Gasteiger partial charge is 0.391 e. The highest BCUT2D eigenvalue weighted by Gasteiger charge is 2.17. The number of rotatable bonds is 1. The molecule has 0 saturated carbocycles. The van der Waals surface area contributed by atoms with Gasteiger partial charge in [0.2, 0.25) is 0 Å². The molecule has 1 unspecified atom stereocenters. The predicted molar refractivity (Wildman–Crippen MR) is 90.5 cm³/mol. The van der Waals surface area contributed by atoms with Crippen molar-refractivity contribution in [3.8, 4) is 0 Å². The fraction of sp³-hybridized carbons (Fsp3) is 0.706. The number of nitrogens with zero attached hydrogens (tertiary/aromatic N) is 2. The summed E-state index contributed by atoms with van der Waals surface area (Å²) in [7, 11) is 0. The van der Waals surface area contributed by atoms with Crippen molar-refractivity contribution in [2.45, 2.75) is 67.4 Å². The maximum Gasteiger partial charge on any atom is 0.0715 e. The van der Waals surface area contributed by atoms with Gasteiger partial charge in [0.1, 0.15) is 0 Å². The third-order valence-electron chi connectivity index (χ3n) is 2.66. The van der Waals surface area contributed by atoms with Crippen LogP contribution in [-0.4, -0.2) is 29.3 Å². The Morgan fingerprint density at radius 1 is 1.10 bits per heavy atom. The average molecular weight is 282 g/mol. The van der Waals surface area contributed by atoms with Gasteiger partial charge in [0.05, 0.1) is 18.0 Å². The molecule has 1 atom stereocenters. The van der Waals surface area contributed by atoms with E-state index in [2.05, 4.69) is 16.0 Å². The van der Waals surface area contributed by atoms with Crippen LogP contribution in [0.5, 0.6) is 0 Å². The average Bonchev–Trinajstić information content (AvgIpc) is 2.54. The van der Waals surface area contributed by atoms with Gasteiger partial charge in [-0.1, -0.05) is 41.5 Å². The Morgan fingerprint density at radius 3 is 2.15 bits per heavy atom. The van der Waals surface area contributed by atoms with E-state index in [0.717, 1.165) is 37.3 Å². The molecule has 1 aliphatic rings. The molecule has 1 N–H and O–H groups in total. The lowest BCUT2D eigenvalue weighted by atomic mass is 10.1. The van der Waals surface area contributed by atoms with Crippen molar-refractivity contribution in [1.29, 1.82) is 0 Å². The van der Waals surface area contributed by atoms with Gasteiger partial charge in [-0.05, 0) is 31.9 Å². The molecule has 1 saturated heterocycles. The van der Waals surface area contributed by atoms with Crippen molar-refractivity contribution in [2.24, 2.45) is 0 Å². The first-order chi connectivity index (χ1) is 9.75. The summed E-state index contributed by atoms with van der Waals surface area (Å²) in [5, 5.41) is 9.53. The van der Waals surface area contributed by atoms with Crippen molar-refractivity contribution < 1.29 is 5.11 Å². The van der Waals surface area contributed by atoms with E-state index in [1.165, 1.54) is 0 Å². The topological polar surface area (TPSA) is 36.4 Å². The van der Waals surface area contributed by atoms with E-state index in [9.17, 15) is 5.11 Å². The summed E-state index contributed by atoms with van der Waals surface area (Å²) in [6.07, 6.45) is 3.70. The highest BCUT2D eigenvalue weighted by atomic mass is 16.3. The van der Waals surface area contributed by atoms with Gasteiger partial charge >= 0.3 is 0 Å². The van der Waals surface area contributed by atoms with E-state index in [4.69, 9.17) is 0 Å². The van der Waals surface area contributed by atoms with E-state index in [1.807, 2.05) is 60.7 Å². The van der Waals surface area contributed by atoms with Crippen LogP contribution in [0, 0.1) is 6.92 Å². The Balaban J connectivity index is 0. The Hall–Kier alpha value is -1.09. The molecule has 3 nitrogen and oxygen atoms in total. The Morgan fingerprint density at radius 2 is 1.70 bits per heavy atom. The molecular weight excluding hydrogens is 248 g/mol. The number of β-amino-alcohol motifs (C(OH)–C–C–N with tert-alkyl or cyclic N) is 1. The molecule has 3 heteroatoms. The minimum atomic E-state index is -0.176. The molecule has 1 aromatic rings. The number of aromatic nitrogens is 1. The summed E-state index contributed by atoms with van der Waals surface area (Å²) in [4.78, 5) is 6.45. The van der Waals surface area contributed by atoms with Crippen molar-refractivity contribution in [3.05, 3.63) is 24.0 Å². The van der Waals surface area contributed by atoms with Crippen LogP contribution in [0.4, 0.5) is 5.69 Å². The molecule has 1 fully saturated rings. The minimum Gasteiger partial charge on any atom is -0.391 e. The standard InChI is InChI=1S/C11H16N2O.3C2H6/c1-9-4-5-10(7-12-9)13-6-2-3-11(14)8-13;3*1-2/h4-5,7,11,14H,2-3,6,8H2,1H3;3*1-2H3. The van der Waals surface area contributed by atoms with Gasteiger partial charge in [0.25, 0.3) is 0 Å². The minimum absolute atomic E-state index is 0.176. The third-order valence-corrected chi connectivity index (χ3v) is 2.66. The van der Waals surface area contributed by atoms with Gasteiger partial charge in [-0.3, -0.25) is 4.98 Å². The van der Waals surface area contributed by atoms with Crippen LogP contribution in [0.2, 0.25) is 0 Å². The Labute approximate surface area is 126 Å². The summed E-state index contributed by atoms with van der Waals surface area (Å²) in [5.74, 6) is 0. The zero-order valence-corrected chi connectivity index (χ0v) is 14.5. The second-order valence-corrected chi connectivity index (χ2v) is 3.90. The zero-order chi connectivity index (χ0) is 16.0. The first-order valence-electron chi connectivity index (χ1n) is 8.11. The van der Waals surface area contributed by atoms with Crippen LogP contribution in [0.15, 0.2) is 18.3 Å². The number of hydrogen-bond acceptors (Lipinski definition) is 3. The number of piperidine rings is 1. The molecule has 1 aliphatic heterocycles. The lowest BCUT2D eigenvalue weighted by Gasteiger charge is -2.31. The highest BCUT2D eigenvalue weighted by molar-refractivity contribution is 5.44.